The van der Waals surface area contributed by atoms with E-state index in [1.54, 1.807) is 79.2 Å². The highest BCUT2D eigenvalue weighted by molar-refractivity contribution is 6.04. The molecule has 9 nitrogen and oxygen atoms in total. The average Bonchev–Trinajstić information content (AvgIpc) is 3.27. The van der Waals surface area contributed by atoms with Gasteiger partial charge in [-0.25, -0.2) is 14.3 Å². The summed E-state index contributed by atoms with van der Waals surface area (Å²) in [6.07, 6.45) is 1.47. The number of nitrogens with zero attached hydrogens (tertiary/aromatic N) is 2. The number of amides is 3. The molecule has 3 amide bonds. The van der Waals surface area contributed by atoms with Gasteiger partial charge < -0.3 is 20.7 Å². The van der Waals surface area contributed by atoms with Crippen LogP contribution in [-0.2, 0) is 4.74 Å². The number of para-hydroxylation sites is 1. The number of rotatable bonds is 7. The molecule has 4 rings (SSSR count). The highest BCUT2D eigenvalue weighted by Crippen LogP contribution is 2.18. The van der Waals surface area contributed by atoms with E-state index < -0.39 is 5.97 Å². The maximum atomic E-state index is 12.7. The third-order valence-electron chi connectivity index (χ3n) is 5.31. The molecule has 0 saturated heterocycles. The van der Waals surface area contributed by atoms with Crippen molar-refractivity contribution in [3.8, 4) is 5.69 Å². The second-order valence-corrected chi connectivity index (χ2v) is 7.80. The number of urea groups is 1. The molecule has 3 aromatic carbocycles. The molecule has 9 heteroatoms. The smallest absolute Gasteiger partial charge is 0.341 e. The van der Waals surface area contributed by atoms with E-state index in [0.29, 0.717) is 39.6 Å². The van der Waals surface area contributed by atoms with Gasteiger partial charge >= 0.3 is 12.0 Å². The summed E-state index contributed by atoms with van der Waals surface area (Å²) in [6.45, 7) is 3.82. The Balaban J connectivity index is 1.35. The Hall–Kier alpha value is -4.92. The first-order chi connectivity index (χ1) is 17.4. The van der Waals surface area contributed by atoms with Crippen LogP contribution < -0.4 is 16.0 Å². The van der Waals surface area contributed by atoms with Gasteiger partial charge in [-0.05, 0) is 74.5 Å². The van der Waals surface area contributed by atoms with Gasteiger partial charge in [-0.15, -0.1) is 0 Å². The number of ether oxygens (including phenoxy) is 1. The van der Waals surface area contributed by atoms with Crippen LogP contribution in [0.2, 0.25) is 0 Å². The second-order valence-electron chi connectivity index (χ2n) is 7.80. The molecular formula is C27H25N5O4. The Bertz CT molecular complexity index is 1360. The minimum Gasteiger partial charge on any atom is -0.462 e. The van der Waals surface area contributed by atoms with Crippen LogP contribution in [0.1, 0.15) is 33.3 Å². The third-order valence-corrected chi connectivity index (χ3v) is 5.31. The molecule has 0 spiro atoms. The number of hydrogen-bond donors (Lipinski definition) is 3. The number of esters is 1. The zero-order chi connectivity index (χ0) is 25.5. The first kappa shape index (κ1) is 24.2. The zero-order valence-electron chi connectivity index (χ0n) is 19.8. The van der Waals surface area contributed by atoms with Crippen molar-refractivity contribution >= 4 is 35.0 Å². The Kier molecular flexibility index (Phi) is 7.40. The van der Waals surface area contributed by atoms with E-state index in [1.807, 2.05) is 18.2 Å². The van der Waals surface area contributed by atoms with Crippen molar-refractivity contribution in [1.82, 2.24) is 9.78 Å². The maximum absolute atomic E-state index is 12.7. The summed E-state index contributed by atoms with van der Waals surface area (Å²) in [7, 11) is 0. The van der Waals surface area contributed by atoms with Crippen molar-refractivity contribution in [3.63, 3.8) is 0 Å². The number of hydrogen-bond acceptors (Lipinski definition) is 5. The molecule has 0 aliphatic heterocycles. The predicted molar refractivity (Wildman–Crippen MR) is 138 cm³/mol. The van der Waals surface area contributed by atoms with Gasteiger partial charge in [0.2, 0.25) is 0 Å². The van der Waals surface area contributed by atoms with Crippen molar-refractivity contribution in [2.24, 2.45) is 0 Å². The molecule has 0 aliphatic rings. The standard InChI is InChI=1S/C27H25N5O4/c1-3-36-26(34)24-17-28-32(18(24)2)23-15-9-19(10-16-23)25(33)29-21-11-13-22(14-12-21)31-27(35)30-20-7-5-4-6-8-20/h4-17H,3H2,1-2H3,(H,29,33)(H2,30,31,35). The molecule has 0 atom stereocenters. The van der Waals surface area contributed by atoms with Crippen LogP contribution >= 0.6 is 0 Å². The number of carbonyl (C=O) groups is 3. The van der Waals surface area contributed by atoms with Gasteiger partial charge in [0.25, 0.3) is 5.91 Å². The van der Waals surface area contributed by atoms with E-state index >= 15 is 0 Å². The molecule has 0 saturated carbocycles. The highest BCUT2D eigenvalue weighted by atomic mass is 16.5. The highest BCUT2D eigenvalue weighted by Gasteiger charge is 2.16. The van der Waals surface area contributed by atoms with E-state index in [0.717, 1.165) is 0 Å². The Morgan fingerprint density at radius 2 is 1.39 bits per heavy atom. The number of anilines is 3. The summed E-state index contributed by atoms with van der Waals surface area (Å²) < 4.78 is 6.67. The van der Waals surface area contributed by atoms with E-state index in [2.05, 4.69) is 21.0 Å². The van der Waals surface area contributed by atoms with Gasteiger partial charge in [0.05, 0.1) is 24.2 Å². The van der Waals surface area contributed by atoms with Crippen LogP contribution in [0.3, 0.4) is 0 Å². The van der Waals surface area contributed by atoms with Crippen LogP contribution in [0.5, 0.6) is 0 Å². The van der Waals surface area contributed by atoms with Crippen LogP contribution in [0, 0.1) is 6.92 Å². The number of carbonyl (C=O) groups excluding carboxylic acids is 3. The summed E-state index contributed by atoms with van der Waals surface area (Å²) in [6, 6.07) is 22.4. The van der Waals surface area contributed by atoms with E-state index in [4.69, 9.17) is 4.74 Å². The average molecular weight is 484 g/mol. The quantitative estimate of drug-likeness (QED) is 0.311. The van der Waals surface area contributed by atoms with Crippen molar-refractivity contribution in [2.75, 3.05) is 22.6 Å². The molecule has 0 bridgehead atoms. The Labute approximate surface area is 208 Å². The normalized spacial score (nSPS) is 10.4. The lowest BCUT2D eigenvalue weighted by Gasteiger charge is -2.10. The fourth-order valence-electron chi connectivity index (χ4n) is 3.49. The van der Waals surface area contributed by atoms with Crippen molar-refractivity contribution < 1.29 is 19.1 Å². The first-order valence-corrected chi connectivity index (χ1v) is 11.3. The lowest BCUT2D eigenvalue weighted by atomic mass is 10.1. The van der Waals surface area contributed by atoms with Crippen LogP contribution in [0.15, 0.2) is 85.1 Å². The lowest BCUT2D eigenvalue weighted by Crippen LogP contribution is -2.19. The minimum absolute atomic E-state index is 0.284. The topological polar surface area (TPSA) is 114 Å². The molecule has 3 N–H and O–H groups in total. The monoisotopic (exact) mass is 483 g/mol. The number of nitrogens with one attached hydrogen (secondary N) is 3. The molecule has 0 fully saturated rings. The van der Waals surface area contributed by atoms with Crippen LogP contribution in [0.25, 0.3) is 5.69 Å². The fourth-order valence-corrected chi connectivity index (χ4v) is 3.49. The van der Waals surface area contributed by atoms with Gasteiger partial charge in [-0.3, -0.25) is 4.79 Å². The largest absolute Gasteiger partial charge is 0.462 e. The van der Waals surface area contributed by atoms with Crippen LogP contribution in [0.4, 0.5) is 21.9 Å². The summed E-state index contributed by atoms with van der Waals surface area (Å²) in [5.41, 5.74) is 4.07. The minimum atomic E-state index is -0.421. The second kappa shape index (κ2) is 11.0. The van der Waals surface area contributed by atoms with Gasteiger partial charge in [-0.1, -0.05) is 18.2 Å². The van der Waals surface area contributed by atoms with Gasteiger partial charge in [0.15, 0.2) is 0 Å². The van der Waals surface area contributed by atoms with Crippen molar-refractivity contribution in [1.29, 1.82) is 0 Å². The Morgan fingerprint density at radius 1 is 0.806 bits per heavy atom. The van der Waals surface area contributed by atoms with E-state index in [-0.39, 0.29) is 18.5 Å². The third kappa shape index (κ3) is 5.76. The first-order valence-electron chi connectivity index (χ1n) is 11.3. The summed E-state index contributed by atoms with van der Waals surface area (Å²) in [5.74, 6) is -0.705. The number of aromatic nitrogens is 2. The summed E-state index contributed by atoms with van der Waals surface area (Å²) in [5, 5.41) is 12.6. The lowest BCUT2D eigenvalue weighted by molar-refractivity contribution is 0.0525. The Morgan fingerprint density at radius 3 is 2.00 bits per heavy atom. The van der Waals surface area contributed by atoms with E-state index in [9.17, 15) is 14.4 Å². The van der Waals surface area contributed by atoms with Gasteiger partial charge in [0, 0.05) is 22.6 Å². The van der Waals surface area contributed by atoms with E-state index in [1.165, 1.54) is 6.20 Å². The fraction of sp³-hybridized carbons (Fsp3) is 0.111. The molecule has 1 aromatic heterocycles. The molecule has 36 heavy (non-hydrogen) atoms. The molecule has 0 radical (unpaired) electrons. The molecule has 0 unspecified atom stereocenters. The van der Waals surface area contributed by atoms with Crippen molar-refractivity contribution in [3.05, 3.63) is 102 Å². The molecule has 182 valence electrons. The SMILES string of the molecule is CCOC(=O)c1cnn(-c2ccc(C(=O)Nc3ccc(NC(=O)Nc4ccccc4)cc3)cc2)c1C. The zero-order valence-corrected chi connectivity index (χ0v) is 19.8. The predicted octanol–water partition coefficient (Wildman–Crippen LogP) is 5.25. The molecule has 1 heterocycles. The number of benzene rings is 3. The van der Waals surface area contributed by atoms with Crippen molar-refractivity contribution in [2.45, 2.75) is 13.8 Å². The van der Waals surface area contributed by atoms with Gasteiger partial charge in [-0.2, -0.15) is 5.10 Å². The van der Waals surface area contributed by atoms with Gasteiger partial charge in [0.1, 0.15) is 5.56 Å². The molecule has 4 aromatic rings. The molecule has 0 aliphatic carbocycles. The molecular weight excluding hydrogens is 458 g/mol. The summed E-state index contributed by atoms with van der Waals surface area (Å²) in [4.78, 5) is 36.8. The summed E-state index contributed by atoms with van der Waals surface area (Å²) >= 11 is 0. The van der Waals surface area contributed by atoms with Crippen LogP contribution in [-0.4, -0.2) is 34.3 Å². The maximum Gasteiger partial charge on any atom is 0.341 e.